The highest BCUT2D eigenvalue weighted by atomic mass is 16.3. The smallest absolute Gasteiger partial charge is 0.326 e. The van der Waals surface area contributed by atoms with Crippen molar-refractivity contribution in [3.63, 3.8) is 0 Å². The van der Waals surface area contributed by atoms with Gasteiger partial charge < -0.3 is 15.0 Å². The van der Waals surface area contributed by atoms with Crippen LogP contribution >= 0.6 is 0 Å². The number of aromatic amines is 2. The summed E-state index contributed by atoms with van der Waals surface area (Å²) in [6, 6.07) is 10.4. The van der Waals surface area contributed by atoms with Gasteiger partial charge in [-0.25, -0.2) is 9.79 Å². The maximum absolute atomic E-state index is 11.5. The lowest BCUT2D eigenvalue weighted by Crippen LogP contribution is -2.30. The molecule has 1 aromatic carbocycles. The molecule has 5 rings (SSSR count). The van der Waals surface area contributed by atoms with Crippen molar-refractivity contribution in [1.82, 2.24) is 29.5 Å². The van der Waals surface area contributed by atoms with Crippen molar-refractivity contribution in [3.05, 3.63) is 69.1 Å². The van der Waals surface area contributed by atoms with E-state index in [1.807, 2.05) is 30.1 Å². The molecule has 1 fully saturated rings. The Kier molecular flexibility index (Phi) is 4.54. The largest absolute Gasteiger partial charge is 0.493 e. The molecule has 158 valence electrons. The maximum atomic E-state index is 11.5. The van der Waals surface area contributed by atoms with Gasteiger partial charge in [-0.1, -0.05) is 30.3 Å². The van der Waals surface area contributed by atoms with E-state index >= 15 is 0 Å². The molecule has 4 aromatic rings. The summed E-state index contributed by atoms with van der Waals surface area (Å²) in [5.41, 5.74) is 1.94. The third-order valence-corrected chi connectivity index (χ3v) is 5.42. The van der Waals surface area contributed by atoms with Crippen molar-refractivity contribution in [2.75, 3.05) is 11.9 Å². The van der Waals surface area contributed by atoms with Crippen LogP contribution in [0.25, 0.3) is 11.7 Å². The highest BCUT2D eigenvalue weighted by molar-refractivity contribution is 5.57. The number of nitrogens with one attached hydrogen (secondary N) is 2. The zero-order valence-corrected chi connectivity index (χ0v) is 17.1. The van der Waals surface area contributed by atoms with Gasteiger partial charge >= 0.3 is 5.69 Å². The summed E-state index contributed by atoms with van der Waals surface area (Å²) < 4.78 is 1.59. The Morgan fingerprint density at radius 2 is 2.03 bits per heavy atom. The fourth-order valence-corrected chi connectivity index (χ4v) is 3.36. The molecular formula is C21H22N8O2. The highest BCUT2D eigenvalue weighted by Crippen LogP contribution is 2.23. The van der Waals surface area contributed by atoms with Crippen LogP contribution in [0, 0.1) is 0 Å². The van der Waals surface area contributed by atoms with Crippen molar-refractivity contribution in [2.24, 2.45) is 4.99 Å². The lowest BCUT2D eigenvalue weighted by molar-refractivity contribution is 0.454. The molecular weight excluding hydrogens is 396 g/mol. The molecule has 0 amide bonds. The Hall–Kier alpha value is -3.95. The normalized spacial score (nSPS) is 16.2. The van der Waals surface area contributed by atoms with Gasteiger partial charge in [-0.05, 0) is 31.4 Å². The van der Waals surface area contributed by atoms with E-state index in [0.717, 1.165) is 18.4 Å². The maximum Gasteiger partial charge on any atom is 0.326 e. The van der Waals surface area contributed by atoms with Crippen LogP contribution in [0.1, 0.15) is 37.1 Å². The summed E-state index contributed by atoms with van der Waals surface area (Å²) in [4.78, 5) is 32.5. The SMILES string of the molecule is C[C@@H](c1ccccc1)N(C)c1nc(=NC2CC2)n2ncc(=Cc3[nH]c(=O)[nH]c3O)c2n1. The third-order valence-electron chi connectivity index (χ3n) is 5.42. The van der Waals surface area contributed by atoms with Crippen LogP contribution in [0.4, 0.5) is 5.95 Å². The fourth-order valence-electron chi connectivity index (χ4n) is 3.36. The van der Waals surface area contributed by atoms with Gasteiger partial charge in [-0.2, -0.15) is 19.6 Å². The quantitative estimate of drug-likeness (QED) is 0.437. The summed E-state index contributed by atoms with van der Waals surface area (Å²) in [7, 11) is 1.94. The monoisotopic (exact) mass is 418 g/mol. The molecule has 0 unspecified atom stereocenters. The predicted molar refractivity (Wildman–Crippen MR) is 114 cm³/mol. The van der Waals surface area contributed by atoms with Gasteiger partial charge in [-0.15, -0.1) is 0 Å². The molecule has 1 atom stereocenters. The van der Waals surface area contributed by atoms with Crippen molar-refractivity contribution in [3.8, 4) is 5.88 Å². The Balaban J connectivity index is 1.67. The number of H-pyrrole nitrogens is 2. The van der Waals surface area contributed by atoms with E-state index in [4.69, 9.17) is 15.0 Å². The number of anilines is 1. The zero-order chi connectivity index (χ0) is 21.5. The Morgan fingerprint density at radius 3 is 2.71 bits per heavy atom. The first kappa shape index (κ1) is 19.0. The molecule has 31 heavy (non-hydrogen) atoms. The van der Waals surface area contributed by atoms with E-state index in [9.17, 15) is 9.90 Å². The molecule has 1 aliphatic rings. The number of hydrogen-bond acceptors (Lipinski definition) is 7. The van der Waals surface area contributed by atoms with Crippen LogP contribution < -0.4 is 21.4 Å². The van der Waals surface area contributed by atoms with Gasteiger partial charge in [0.2, 0.25) is 11.8 Å². The zero-order valence-electron chi connectivity index (χ0n) is 17.1. The van der Waals surface area contributed by atoms with E-state index in [2.05, 4.69) is 34.1 Å². The second-order valence-corrected chi connectivity index (χ2v) is 7.70. The number of benzene rings is 1. The van der Waals surface area contributed by atoms with Crippen LogP contribution in [0.3, 0.4) is 0 Å². The average Bonchev–Trinajstić information content (AvgIpc) is 3.41. The summed E-state index contributed by atoms with van der Waals surface area (Å²) in [5.74, 6) is 0.279. The first-order valence-corrected chi connectivity index (χ1v) is 10.1. The summed E-state index contributed by atoms with van der Waals surface area (Å²) in [5, 5.41) is 14.9. The molecule has 0 bridgehead atoms. The molecule has 1 saturated carbocycles. The lowest BCUT2D eigenvalue weighted by atomic mass is 10.1. The predicted octanol–water partition coefficient (Wildman–Crippen LogP) is 0.654. The highest BCUT2D eigenvalue weighted by Gasteiger charge is 2.22. The molecule has 0 aliphatic heterocycles. The fraction of sp³-hybridized carbons (Fsp3) is 0.286. The Bertz CT molecular complexity index is 1420. The van der Waals surface area contributed by atoms with Gasteiger partial charge in [-0.3, -0.25) is 4.98 Å². The van der Waals surface area contributed by atoms with Crippen LogP contribution in [-0.4, -0.2) is 47.7 Å². The van der Waals surface area contributed by atoms with Gasteiger partial charge in [0.1, 0.15) is 5.69 Å². The standard InChI is InChI=1S/C21H22N8O2/c1-12(13-6-4-3-5-7-13)28(2)19-25-17-14(10-16-18(30)26-21(31)24-16)11-22-29(17)20(27-19)23-15-8-9-15/h3-7,10-12,15,30H,8-9H2,1-2H3,(H2,24,26,31)/t12-/m0/s1. The van der Waals surface area contributed by atoms with Gasteiger partial charge in [0.05, 0.1) is 18.3 Å². The minimum atomic E-state index is -0.489. The minimum Gasteiger partial charge on any atom is -0.493 e. The van der Waals surface area contributed by atoms with Gasteiger partial charge in [0, 0.05) is 12.3 Å². The Morgan fingerprint density at radius 1 is 1.26 bits per heavy atom. The van der Waals surface area contributed by atoms with E-state index in [0.29, 0.717) is 22.4 Å². The third kappa shape index (κ3) is 3.67. The topological polar surface area (TPSA) is 128 Å². The number of aromatic hydroxyl groups is 1. The van der Waals surface area contributed by atoms with Crippen LogP contribution in [0.15, 0.2) is 46.3 Å². The van der Waals surface area contributed by atoms with E-state index in [-0.39, 0.29) is 23.7 Å². The summed E-state index contributed by atoms with van der Waals surface area (Å²) in [6.07, 6.45) is 5.31. The number of hydrogen-bond donors (Lipinski definition) is 3. The first-order valence-electron chi connectivity index (χ1n) is 10.1. The van der Waals surface area contributed by atoms with Crippen LogP contribution in [0.2, 0.25) is 0 Å². The van der Waals surface area contributed by atoms with Gasteiger partial charge in [0.15, 0.2) is 5.65 Å². The Labute approximate surface area is 176 Å². The molecule has 0 radical (unpaired) electrons. The molecule has 0 saturated heterocycles. The molecule has 1 aliphatic carbocycles. The second-order valence-electron chi connectivity index (χ2n) is 7.70. The molecule has 10 nitrogen and oxygen atoms in total. The number of fused-ring (bicyclic) bond motifs is 1. The average molecular weight is 418 g/mol. The minimum absolute atomic E-state index is 0.0397. The molecule has 3 N–H and O–H groups in total. The van der Waals surface area contributed by atoms with Crippen molar-refractivity contribution >= 4 is 17.7 Å². The van der Waals surface area contributed by atoms with Crippen LogP contribution in [0.5, 0.6) is 5.88 Å². The van der Waals surface area contributed by atoms with Crippen molar-refractivity contribution in [1.29, 1.82) is 0 Å². The van der Waals surface area contributed by atoms with E-state index in [1.165, 1.54) is 0 Å². The number of nitrogens with zero attached hydrogens (tertiary/aromatic N) is 6. The molecule has 10 heteroatoms. The first-order chi connectivity index (χ1) is 15.0. The number of rotatable bonds is 5. The number of aromatic nitrogens is 6. The van der Waals surface area contributed by atoms with Crippen molar-refractivity contribution in [2.45, 2.75) is 31.8 Å². The van der Waals surface area contributed by atoms with E-state index < -0.39 is 5.69 Å². The van der Waals surface area contributed by atoms with Gasteiger partial charge in [0.25, 0.3) is 5.62 Å². The van der Waals surface area contributed by atoms with E-state index in [1.54, 1.807) is 16.8 Å². The summed E-state index contributed by atoms with van der Waals surface area (Å²) >= 11 is 0. The lowest BCUT2D eigenvalue weighted by Gasteiger charge is -2.25. The van der Waals surface area contributed by atoms with Crippen molar-refractivity contribution < 1.29 is 5.11 Å². The van der Waals surface area contributed by atoms with Crippen LogP contribution in [-0.2, 0) is 0 Å². The molecule has 0 spiro atoms. The number of imidazole rings is 1. The molecule has 3 heterocycles. The molecule has 3 aromatic heterocycles. The second kappa shape index (κ2) is 7.38. The summed E-state index contributed by atoms with van der Waals surface area (Å²) in [6.45, 7) is 2.09.